The molecule has 22 heavy (non-hydrogen) atoms. The number of hydrogen-bond donors (Lipinski definition) is 1. The molecule has 120 valence electrons. The predicted octanol–water partition coefficient (Wildman–Crippen LogP) is 4.36. The standard InChI is InChI=1S/C20H28O2/c1-3-5-7-8-10-11-17-13-16-20(22)19(17)15-14-18(21)12-9-6-4-2/h8,10,13,15-18,21H,3-5,7,11-12,14H2,1-2H3/b10-8-,19-15+. The average molecular weight is 300 g/mol. The first-order chi connectivity index (χ1) is 10.7. The van der Waals surface area contributed by atoms with Gasteiger partial charge in [-0.2, -0.15) is 0 Å². The van der Waals surface area contributed by atoms with Gasteiger partial charge < -0.3 is 5.11 Å². The Morgan fingerprint density at radius 3 is 2.86 bits per heavy atom. The van der Waals surface area contributed by atoms with Crippen LogP contribution in [0.4, 0.5) is 0 Å². The first kappa shape index (κ1) is 18.5. The summed E-state index contributed by atoms with van der Waals surface area (Å²) in [6.07, 6.45) is 15.6. The van der Waals surface area contributed by atoms with Crippen LogP contribution < -0.4 is 0 Å². The summed E-state index contributed by atoms with van der Waals surface area (Å²) in [5.74, 6) is 6.14. The van der Waals surface area contributed by atoms with Gasteiger partial charge in [0.15, 0.2) is 5.78 Å². The third-order valence-electron chi connectivity index (χ3n) is 3.69. The molecule has 0 heterocycles. The molecule has 2 heteroatoms. The third-order valence-corrected chi connectivity index (χ3v) is 3.69. The van der Waals surface area contributed by atoms with E-state index in [1.807, 2.05) is 19.1 Å². The van der Waals surface area contributed by atoms with E-state index in [0.29, 0.717) is 12.8 Å². The van der Waals surface area contributed by atoms with Crippen LogP contribution in [0.2, 0.25) is 0 Å². The first-order valence-corrected chi connectivity index (χ1v) is 8.40. The van der Waals surface area contributed by atoms with Crippen molar-refractivity contribution in [1.82, 2.24) is 0 Å². The topological polar surface area (TPSA) is 37.3 Å². The van der Waals surface area contributed by atoms with Crippen LogP contribution in [-0.2, 0) is 4.79 Å². The average Bonchev–Trinajstić information content (AvgIpc) is 2.85. The van der Waals surface area contributed by atoms with Crippen LogP contribution in [-0.4, -0.2) is 17.0 Å². The highest BCUT2D eigenvalue weighted by molar-refractivity contribution is 6.07. The van der Waals surface area contributed by atoms with Crippen molar-refractivity contribution in [2.75, 3.05) is 0 Å². The third kappa shape index (κ3) is 6.91. The Morgan fingerprint density at radius 2 is 2.14 bits per heavy atom. The molecule has 0 aromatic rings. The van der Waals surface area contributed by atoms with Gasteiger partial charge in [0.05, 0.1) is 6.10 Å². The highest BCUT2D eigenvalue weighted by Gasteiger charge is 2.21. The molecule has 0 bridgehead atoms. The summed E-state index contributed by atoms with van der Waals surface area (Å²) < 4.78 is 0. The van der Waals surface area contributed by atoms with Gasteiger partial charge in [-0.1, -0.05) is 51.0 Å². The van der Waals surface area contributed by atoms with Crippen molar-refractivity contribution in [3.05, 3.63) is 36.0 Å². The number of carbonyl (C=O) groups excluding carboxylic acids is 1. The first-order valence-electron chi connectivity index (χ1n) is 8.40. The van der Waals surface area contributed by atoms with E-state index < -0.39 is 6.10 Å². The van der Waals surface area contributed by atoms with Crippen LogP contribution in [0.3, 0.4) is 0 Å². The van der Waals surface area contributed by atoms with Crippen molar-refractivity contribution in [3.63, 3.8) is 0 Å². The highest BCUT2D eigenvalue weighted by atomic mass is 16.3. The van der Waals surface area contributed by atoms with Crippen molar-refractivity contribution < 1.29 is 9.90 Å². The summed E-state index contributed by atoms with van der Waals surface area (Å²) >= 11 is 0. The van der Waals surface area contributed by atoms with E-state index in [9.17, 15) is 9.90 Å². The second-order valence-electron chi connectivity index (χ2n) is 5.64. The Bertz CT molecular complexity index is 486. The molecule has 1 N–H and O–H groups in total. The van der Waals surface area contributed by atoms with Gasteiger partial charge in [-0.3, -0.25) is 4.79 Å². The SMILES string of the molecule is CCC#CCC(O)C/C=C1/C(=O)C=CC1C/C=C\CCCC. The number of unbranched alkanes of at least 4 members (excludes halogenated alkanes) is 2. The van der Waals surface area contributed by atoms with E-state index in [1.165, 1.54) is 12.8 Å². The fourth-order valence-electron chi connectivity index (χ4n) is 2.39. The normalized spacial score (nSPS) is 20.6. The molecule has 0 aliphatic heterocycles. The summed E-state index contributed by atoms with van der Waals surface area (Å²) in [4.78, 5) is 11.9. The van der Waals surface area contributed by atoms with Gasteiger partial charge in [0.1, 0.15) is 0 Å². The molecule has 0 saturated carbocycles. The summed E-state index contributed by atoms with van der Waals surface area (Å²) in [5.41, 5.74) is 0.822. The quantitative estimate of drug-likeness (QED) is 0.313. The highest BCUT2D eigenvalue weighted by Crippen LogP contribution is 2.26. The Morgan fingerprint density at radius 1 is 1.32 bits per heavy atom. The van der Waals surface area contributed by atoms with Crippen LogP contribution in [0.1, 0.15) is 58.8 Å². The van der Waals surface area contributed by atoms with Crippen LogP contribution >= 0.6 is 0 Å². The summed E-state index contributed by atoms with van der Waals surface area (Å²) in [6, 6.07) is 0. The van der Waals surface area contributed by atoms with Crippen LogP contribution in [0, 0.1) is 17.8 Å². The summed E-state index contributed by atoms with van der Waals surface area (Å²) in [7, 11) is 0. The minimum atomic E-state index is -0.485. The van der Waals surface area contributed by atoms with E-state index in [1.54, 1.807) is 6.08 Å². The fourth-order valence-corrected chi connectivity index (χ4v) is 2.39. The van der Waals surface area contributed by atoms with Gasteiger partial charge in [-0.25, -0.2) is 0 Å². The number of ketones is 1. The number of allylic oxidation sites excluding steroid dienone is 5. The van der Waals surface area contributed by atoms with Gasteiger partial charge >= 0.3 is 0 Å². The lowest BCUT2D eigenvalue weighted by molar-refractivity contribution is -0.111. The molecular formula is C20H28O2. The zero-order valence-corrected chi connectivity index (χ0v) is 13.8. The lowest BCUT2D eigenvalue weighted by Gasteiger charge is -2.09. The lowest BCUT2D eigenvalue weighted by atomic mass is 9.96. The Labute approximate surface area is 135 Å². The Balaban J connectivity index is 2.49. The number of carbonyl (C=O) groups is 1. The molecule has 0 spiro atoms. The summed E-state index contributed by atoms with van der Waals surface area (Å²) in [6.45, 7) is 4.17. The molecule has 0 radical (unpaired) electrons. The van der Waals surface area contributed by atoms with Gasteiger partial charge in [-0.15, -0.1) is 11.8 Å². The second-order valence-corrected chi connectivity index (χ2v) is 5.64. The number of aliphatic hydroxyl groups is 1. The van der Waals surface area contributed by atoms with E-state index in [0.717, 1.165) is 24.8 Å². The van der Waals surface area contributed by atoms with Gasteiger partial charge in [0.2, 0.25) is 0 Å². The number of hydrogen-bond acceptors (Lipinski definition) is 2. The molecule has 2 nitrogen and oxygen atoms in total. The van der Waals surface area contributed by atoms with Crippen LogP contribution in [0.5, 0.6) is 0 Å². The molecule has 1 aliphatic rings. The molecule has 0 aromatic carbocycles. The maximum Gasteiger partial charge on any atom is 0.181 e. The van der Waals surface area contributed by atoms with Crippen molar-refractivity contribution in [2.45, 2.75) is 64.9 Å². The van der Waals surface area contributed by atoms with E-state index in [2.05, 4.69) is 30.9 Å². The fraction of sp³-hybridized carbons (Fsp3) is 0.550. The summed E-state index contributed by atoms with van der Waals surface area (Å²) in [5, 5.41) is 9.89. The minimum Gasteiger partial charge on any atom is -0.392 e. The van der Waals surface area contributed by atoms with Crippen LogP contribution in [0.15, 0.2) is 36.0 Å². The molecule has 0 aromatic heterocycles. The van der Waals surface area contributed by atoms with E-state index >= 15 is 0 Å². The predicted molar refractivity (Wildman–Crippen MR) is 92.3 cm³/mol. The molecule has 0 amide bonds. The molecule has 0 fully saturated rings. The Hall–Kier alpha value is -1.59. The van der Waals surface area contributed by atoms with Gasteiger partial charge in [0.25, 0.3) is 0 Å². The maximum absolute atomic E-state index is 11.9. The maximum atomic E-state index is 11.9. The van der Waals surface area contributed by atoms with Crippen molar-refractivity contribution in [2.24, 2.45) is 5.92 Å². The smallest absolute Gasteiger partial charge is 0.181 e. The van der Waals surface area contributed by atoms with E-state index in [-0.39, 0.29) is 11.7 Å². The van der Waals surface area contributed by atoms with Crippen molar-refractivity contribution >= 4 is 5.78 Å². The number of aliphatic hydroxyl groups excluding tert-OH is 1. The molecular weight excluding hydrogens is 272 g/mol. The molecule has 2 atom stereocenters. The van der Waals surface area contributed by atoms with Crippen molar-refractivity contribution in [3.8, 4) is 11.8 Å². The number of rotatable bonds is 8. The lowest BCUT2D eigenvalue weighted by Crippen LogP contribution is -2.07. The molecule has 2 unspecified atom stereocenters. The van der Waals surface area contributed by atoms with Gasteiger partial charge in [0, 0.05) is 24.3 Å². The van der Waals surface area contributed by atoms with Crippen molar-refractivity contribution in [1.29, 1.82) is 0 Å². The Kier molecular flexibility index (Phi) is 9.26. The van der Waals surface area contributed by atoms with Crippen LogP contribution in [0.25, 0.3) is 0 Å². The molecule has 1 rings (SSSR count). The second kappa shape index (κ2) is 11.0. The zero-order valence-electron chi connectivity index (χ0n) is 13.8. The van der Waals surface area contributed by atoms with E-state index in [4.69, 9.17) is 0 Å². The monoisotopic (exact) mass is 300 g/mol. The largest absolute Gasteiger partial charge is 0.392 e. The van der Waals surface area contributed by atoms with Gasteiger partial charge in [-0.05, 0) is 25.3 Å². The molecule has 0 saturated heterocycles. The minimum absolute atomic E-state index is 0.0822. The molecule has 1 aliphatic carbocycles. The zero-order chi connectivity index (χ0) is 16.2.